The molecule has 0 unspecified atom stereocenters. The number of hydrogen-bond donors (Lipinski definition) is 0. The van der Waals surface area contributed by atoms with E-state index in [9.17, 15) is 0 Å². The van der Waals surface area contributed by atoms with Gasteiger partial charge in [-0.05, 0) is 55.5 Å². The van der Waals surface area contributed by atoms with Crippen molar-refractivity contribution in [1.82, 2.24) is 4.98 Å². The van der Waals surface area contributed by atoms with Crippen LogP contribution in [-0.2, 0) is 0 Å². The molecule has 1 rings (SSSR count). The zero-order valence-electron chi connectivity index (χ0n) is 6.44. The third-order valence-corrected chi connectivity index (χ3v) is 2.26. The molecule has 0 amide bonds. The van der Waals surface area contributed by atoms with Gasteiger partial charge in [0, 0.05) is 0 Å². The topological polar surface area (TPSA) is 12.9 Å². The van der Waals surface area contributed by atoms with Crippen molar-refractivity contribution in [2.24, 2.45) is 0 Å². The molecule has 0 N–H and O–H groups in total. The molecule has 0 bridgehead atoms. The van der Waals surface area contributed by atoms with E-state index >= 15 is 0 Å². The lowest BCUT2D eigenvalue weighted by atomic mass is 10.1. The quantitative estimate of drug-likeness (QED) is 0.714. The van der Waals surface area contributed by atoms with Crippen LogP contribution in [0.2, 0.25) is 0 Å². The van der Waals surface area contributed by atoms with Gasteiger partial charge in [-0.15, -0.1) is 0 Å². The first-order valence-electron chi connectivity index (χ1n) is 3.42. The lowest BCUT2D eigenvalue weighted by molar-refractivity contribution is 0.858. The molecule has 1 heterocycles. The SMILES string of the molecule is CC(C)c1cc(Br)nc(Br)c1. The Bertz CT molecular complexity index is 238. The monoisotopic (exact) mass is 277 g/mol. The summed E-state index contributed by atoms with van der Waals surface area (Å²) in [6, 6.07) is 4.07. The second kappa shape index (κ2) is 3.68. The summed E-state index contributed by atoms with van der Waals surface area (Å²) in [4.78, 5) is 4.15. The molecule has 0 aromatic carbocycles. The van der Waals surface area contributed by atoms with Gasteiger partial charge in [0.05, 0.1) is 0 Å². The van der Waals surface area contributed by atoms with Gasteiger partial charge in [-0.25, -0.2) is 4.98 Å². The van der Waals surface area contributed by atoms with E-state index in [0.29, 0.717) is 5.92 Å². The summed E-state index contributed by atoms with van der Waals surface area (Å²) in [6.45, 7) is 4.32. The van der Waals surface area contributed by atoms with Crippen molar-refractivity contribution in [2.45, 2.75) is 19.8 Å². The highest BCUT2D eigenvalue weighted by atomic mass is 79.9. The van der Waals surface area contributed by atoms with Gasteiger partial charge in [-0.1, -0.05) is 13.8 Å². The maximum Gasteiger partial charge on any atom is 0.107 e. The van der Waals surface area contributed by atoms with E-state index in [4.69, 9.17) is 0 Å². The lowest BCUT2D eigenvalue weighted by Crippen LogP contribution is -1.89. The predicted octanol–water partition coefficient (Wildman–Crippen LogP) is 3.73. The Labute approximate surface area is 83.5 Å². The second-order valence-corrected chi connectivity index (χ2v) is 4.33. The number of halogens is 2. The average Bonchev–Trinajstić information content (AvgIpc) is 1.85. The van der Waals surface area contributed by atoms with Crippen LogP contribution in [0.3, 0.4) is 0 Å². The predicted molar refractivity (Wildman–Crippen MR) is 53.7 cm³/mol. The highest BCUT2D eigenvalue weighted by molar-refractivity contribution is 9.11. The first-order chi connectivity index (χ1) is 5.09. The Morgan fingerprint density at radius 2 is 1.64 bits per heavy atom. The first-order valence-corrected chi connectivity index (χ1v) is 5.01. The summed E-state index contributed by atoms with van der Waals surface area (Å²) < 4.78 is 1.77. The molecule has 3 heteroatoms. The summed E-state index contributed by atoms with van der Waals surface area (Å²) in [5.41, 5.74) is 1.29. The number of aromatic nitrogens is 1. The van der Waals surface area contributed by atoms with Gasteiger partial charge < -0.3 is 0 Å². The van der Waals surface area contributed by atoms with Gasteiger partial charge in [0.25, 0.3) is 0 Å². The van der Waals surface area contributed by atoms with E-state index in [0.717, 1.165) is 9.21 Å². The van der Waals surface area contributed by atoms with E-state index in [1.54, 1.807) is 0 Å². The molecule has 1 aromatic heterocycles. The molecule has 1 aromatic rings. The third-order valence-electron chi connectivity index (χ3n) is 1.45. The molecule has 0 spiro atoms. The standard InChI is InChI=1S/C8H9Br2N/c1-5(2)6-3-7(9)11-8(10)4-6/h3-5H,1-2H3. The Hall–Kier alpha value is 0.110. The van der Waals surface area contributed by atoms with Crippen molar-refractivity contribution in [2.75, 3.05) is 0 Å². The Morgan fingerprint density at radius 3 is 2.00 bits per heavy atom. The normalized spacial score (nSPS) is 10.6. The number of hydrogen-bond acceptors (Lipinski definition) is 1. The molecule has 0 fully saturated rings. The van der Waals surface area contributed by atoms with Crippen LogP contribution >= 0.6 is 31.9 Å². The van der Waals surface area contributed by atoms with Crippen molar-refractivity contribution in [1.29, 1.82) is 0 Å². The van der Waals surface area contributed by atoms with Crippen LogP contribution in [0.1, 0.15) is 25.3 Å². The van der Waals surface area contributed by atoms with E-state index in [1.165, 1.54) is 5.56 Å². The van der Waals surface area contributed by atoms with Gasteiger partial charge in [0.15, 0.2) is 0 Å². The van der Waals surface area contributed by atoms with Crippen molar-refractivity contribution in [3.63, 3.8) is 0 Å². The molecular weight excluding hydrogens is 270 g/mol. The van der Waals surface area contributed by atoms with Crippen LogP contribution in [0.5, 0.6) is 0 Å². The number of nitrogens with zero attached hydrogens (tertiary/aromatic N) is 1. The fraction of sp³-hybridized carbons (Fsp3) is 0.375. The van der Waals surface area contributed by atoms with Gasteiger partial charge >= 0.3 is 0 Å². The Morgan fingerprint density at radius 1 is 1.18 bits per heavy atom. The van der Waals surface area contributed by atoms with E-state index in [-0.39, 0.29) is 0 Å². The van der Waals surface area contributed by atoms with Crippen LogP contribution in [0.15, 0.2) is 21.3 Å². The van der Waals surface area contributed by atoms with E-state index in [1.807, 2.05) is 12.1 Å². The largest absolute Gasteiger partial charge is 0.234 e. The molecule has 0 aliphatic heterocycles. The lowest BCUT2D eigenvalue weighted by Gasteiger charge is -2.05. The first kappa shape index (κ1) is 9.20. The molecular formula is C8H9Br2N. The van der Waals surface area contributed by atoms with E-state index in [2.05, 4.69) is 50.7 Å². The van der Waals surface area contributed by atoms with Crippen molar-refractivity contribution >= 4 is 31.9 Å². The van der Waals surface area contributed by atoms with Crippen LogP contribution in [-0.4, -0.2) is 4.98 Å². The van der Waals surface area contributed by atoms with E-state index < -0.39 is 0 Å². The number of rotatable bonds is 1. The smallest absolute Gasteiger partial charge is 0.107 e. The maximum absolute atomic E-state index is 4.15. The van der Waals surface area contributed by atoms with Gasteiger partial charge in [0.1, 0.15) is 9.21 Å². The fourth-order valence-electron chi connectivity index (χ4n) is 0.817. The summed E-state index contributed by atoms with van der Waals surface area (Å²) in [5, 5.41) is 0. The number of pyridine rings is 1. The van der Waals surface area contributed by atoms with Crippen molar-refractivity contribution in [3.8, 4) is 0 Å². The maximum atomic E-state index is 4.15. The Kier molecular flexibility index (Phi) is 3.07. The molecule has 0 radical (unpaired) electrons. The highest BCUT2D eigenvalue weighted by Crippen LogP contribution is 2.21. The third kappa shape index (κ3) is 2.56. The summed E-state index contributed by atoms with van der Waals surface area (Å²) in [6.07, 6.45) is 0. The van der Waals surface area contributed by atoms with Crippen molar-refractivity contribution < 1.29 is 0 Å². The molecule has 60 valence electrons. The average molecular weight is 279 g/mol. The molecule has 1 nitrogen and oxygen atoms in total. The zero-order valence-corrected chi connectivity index (χ0v) is 9.61. The highest BCUT2D eigenvalue weighted by Gasteiger charge is 2.01. The summed E-state index contributed by atoms with van der Waals surface area (Å²) in [7, 11) is 0. The molecule has 0 saturated carbocycles. The van der Waals surface area contributed by atoms with Gasteiger partial charge in [-0.3, -0.25) is 0 Å². The minimum Gasteiger partial charge on any atom is -0.234 e. The van der Waals surface area contributed by atoms with Crippen LogP contribution in [0, 0.1) is 0 Å². The van der Waals surface area contributed by atoms with Gasteiger partial charge in [0.2, 0.25) is 0 Å². The molecule has 0 atom stereocenters. The minimum absolute atomic E-state index is 0.547. The van der Waals surface area contributed by atoms with Crippen LogP contribution in [0.25, 0.3) is 0 Å². The minimum atomic E-state index is 0.547. The second-order valence-electron chi connectivity index (χ2n) is 2.70. The zero-order chi connectivity index (χ0) is 8.43. The summed E-state index contributed by atoms with van der Waals surface area (Å²) in [5.74, 6) is 0.547. The van der Waals surface area contributed by atoms with Crippen LogP contribution in [0.4, 0.5) is 0 Å². The van der Waals surface area contributed by atoms with Crippen LogP contribution < -0.4 is 0 Å². The Balaban J connectivity index is 3.08. The summed E-state index contributed by atoms with van der Waals surface area (Å²) >= 11 is 6.68. The fourth-order valence-corrected chi connectivity index (χ4v) is 1.97. The van der Waals surface area contributed by atoms with Gasteiger partial charge in [-0.2, -0.15) is 0 Å². The van der Waals surface area contributed by atoms with Crippen molar-refractivity contribution in [3.05, 3.63) is 26.9 Å². The molecule has 0 aliphatic carbocycles. The molecule has 11 heavy (non-hydrogen) atoms. The molecule has 0 saturated heterocycles. The molecule has 0 aliphatic rings.